The fourth-order valence-electron chi connectivity index (χ4n) is 3.63. The van der Waals surface area contributed by atoms with Gasteiger partial charge in [-0.2, -0.15) is 4.98 Å². The fourth-order valence-corrected chi connectivity index (χ4v) is 3.63. The van der Waals surface area contributed by atoms with Crippen LogP contribution < -0.4 is 5.73 Å². The molecule has 3 rings (SSSR count). The van der Waals surface area contributed by atoms with Gasteiger partial charge in [0.15, 0.2) is 5.82 Å². The van der Waals surface area contributed by atoms with Crippen molar-refractivity contribution in [3.63, 3.8) is 0 Å². The van der Waals surface area contributed by atoms with Gasteiger partial charge in [0.1, 0.15) is 0 Å². The SMILES string of the molecule is CN1C2CCC1CC(c1noc(CC(N)C(C)(C)C)n1)C2. The van der Waals surface area contributed by atoms with E-state index < -0.39 is 0 Å². The summed E-state index contributed by atoms with van der Waals surface area (Å²) >= 11 is 0. The molecule has 2 aliphatic rings. The Hall–Kier alpha value is -0.940. The highest BCUT2D eigenvalue weighted by atomic mass is 16.5. The summed E-state index contributed by atoms with van der Waals surface area (Å²) in [6.45, 7) is 6.43. The molecule has 3 atom stereocenters. The summed E-state index contributed by atoms with van der Waals surface area (Å²) in [5.41, 5.74) is 6.27. The molecule has 2 N–H and O–H groups in total. The second-order valence-corrected chi connectivity index (χ2v) is 7.94. The van der Waals surface area contributed by atoms with Crippen molar-refractivity contribution in [1.29, 1.82) is 0 Å². The first kappa shape index (κ1) is 15.0. The lowest BCUT2D eigenvalue weighted by atomic mass is 9.85. The van der Waals surface area contributed by atoms with Crippen LogP contribution in [0.5, 0.6) is 0 Å². The van der Waals surface area contributed by atoms with Crippen molar-refractivity contribution in [2.45, 2.75) is 76.9 Å². The highest BCUT2D eigenvalue weighted by Gasteiger charge is 2.40. The van der Waals surface area contributed by atoms with Gasteiger partial charge in [0.2, 0.25) is 5.89 Å². The van der Waals surface area contributed by atoms with Gasteiger partial charge in [0.05, 0.1) is 0 Å². The van der Waals surface area contributed by atoms with Crippen molar-refractivity contribution in [3.05, 3.63) is 11.7 Å². The molecule has 5 heteroatoms. The molecule has 21 heavy (non-hydrogen) atoms. The van der Waals surface area contributed by atoms with Crippen LogP contribution in [-0.2, 0) is 6.42 Å². The van der Waals surface area contributed by atoms with Crippen molar-refractivity contribution in [2.75, 3.05) is 7.05 Å². The molecule has 1 aromatic heterocycles. The molecule has 2 saturated heterocycles. The Labute approximate surface area is 127 Å². The zero-order valence-corrected chi connectivity index (χ0v) is 13.7. The van der Waals surface area contributed by atoms with Crippen molar-refractivity contribution in [2.24, 2.45) is 11.1 Å². The Kier molecular flexibility index (Phi) is 3.82. The molecule has 0 spiro atoms. The van der Waals surface area contributed by atoms with Gasteiger partial charge < -0.3 is 15.2 Å². The lowest BCUT2D eigenvalue weighted by molar-refractivity contribution is 0.157. The molecule has 0 radical (unpaired) electrons. The summed E-state index contributed by atoms with van der Waals surface area (Å²) in [4.78, 5) is 7.17. The van der Waals surface area contributed by atoms with Crippen molar-refractivity contribution in [1.82, 2.24) is 15.0 Å². The van der Waals surface area contributed by atoms with Gasteiger partial charge in [-0.3, -0.25) is 0 Å². The number of fused-ring (bicyclic) bond motifs is 2. The van der Waals surface area contributed by atoms with E-state index in [1.54, 1.807) is 0 Å². The van der Waals surface area contributed by atoms with Crippen LogP contribution in [0.1, 0.15) is 64.1 Å². The minimum Gasteiger partial charge on any atom is -0.339 e. The second kappa shape index (κ2) is 5.36. The maximum atomic E-state index is 6.21. The second-order valence-electron chi connectivity index (χ2n) is 7.94. The lowest BCUT2D eigenvalue weighted by Crippen LogP contribution is -2.39. The number of nitrogens with zero attached hydrogens (tertiary/aromatic N) is 3. The summed E-state index contributed by atoms with van der Waals surface area (Å²) in [6.07, 6.45) is 5.62. The van der Waals surface area contributed by atoms with Crippen LogP contribution in [0, 0.1) is 5.41 Å². The van der Waals surface area contributed by atoms with Gasteiger partial charge in [-0.1, -0.05) is 25.9 Å². The summed E-state index contributed by atoms with van der Waals surface area (Å²) in [5, 5.41) is 4.24. The standard InChI is InChI=1S/C16H28N4O/c1-16(2,3)13(17)9-14-18-15(19-21-14)10-7-11-5-6-12(8-10)20(11)4/h10-13H,5-9,17H2,1-4H3. The first-order valence-corrected chi connectivity index (χ1v) is 8.14. The molecule has 0 aliphatic carbocycles. The van der Waals surface area contributed by atoms with E-state index >= 15 is 0 Å². The van der Waals surface area contributed by atoms with Gasteiger partial charge >= 0.3 is 0 Å². The molecule has 0 saturated carbocycles. The van der Waals surface area contributed by atoms with Crippen LogP contribution in [0.4, 0.5) is 0 Å². The highest BCUT2D eigenvalue weighted by Crippen LogP contribution is 2.41. The number of aromatic nitrogens is 2. The quantitative estimate of drug-likeness (QED) is 0.926. The van der Waals surface area contributed by atoms with Gasteiger partial charge in [-0.25, -0.2) is 0 Å². The van der Waals surface area contributed by atoms with E-state index in [-0.39, 0.29) is 11.5 Å². The molecule has 118 valence electrons. The van der Waals surface area contributed by atoms with Crippen molar-refractivity contribution < 1.29 is 4.52 Å². The lowest BCUT2D eigenvalue weighted by Gasteiger charge is -2.34. The zero-order chi connectivity index (χ0) is 15.2. The van der Waals surface area contributed by atoms with Crippen LogP contribution in [-0.4, -0.2) is 40.2 Å². The average molecular weight is 292 g/mol. The minimum absolute atomic E-state index is 0.0412. The van der Waals surface area contributed by atoms with Crippen LogP contribution in [0.3, 0.4) is 0 Å². The van der Waals surface area contributed by atoms with E-state index in [1.807, 2.05) is 0 Å². The number of hydrogen-bond donors (Lipinski definition) is 1. The molecule has 2 aliphatic heterocycles. The number of rotatable bonds is 3. The normalized spacial score (nSPS) is 31.6. The van der Waals surface area contributed by atoms with E-state index in [9.17, 15) is 0 Å². The summed E-state index contributed by atoms with van der Waals surface area (Å²) in [5.74, 6) is 2.05. The topological polar surface area (TPSA) is 68.2 Å². The van der Waals surface area contributed by atoms with Crippen LogP contribution in [0.25, 0.3) is 0 Å². The predicted octanol–water partition coefficient (Wildman–Crippen LogP) is 2.33. The number of hydrogen-bond acceptors (Lipinski definition) is 5. The van der Waals surface area contributed by atoms with Crippen LogP contribution >= 0.6 is 0 Å². The third-order valence-corrected chi connectivity index (χ3v) is 5.45. The molecule has 5 nitrogen and oxygen atoms in total. The third-order valence-electron chi connectivity index (χ3n) is 5.45. The first-order valence-electron chi connectivity index (χ1n) is 8.14. The summed E-state index contributed by atoms with van der Waals surface area (Å²) < 4.78 is 5.45. The number of nitrogens with two attached hydrogens (primary N) is 1. The monoisotopic (exact) mass is 292 g/mol. The van der Waals surface area contributed by atoms with Crippen molar-refractivity contribution in [3.8, 4) is 0 Å². The van der Waals surface area contributed by atoms with Crippen LogP contribution in [0.15, 0.2) is 4.52 Å². The zero-order valence-electron chi connectivity index (χ0n) is 13.7. The fraction of sp³-hybridized carbons (Fsp3) is 0.875. The Balaban J connectivity index is 1.66. The van der Waals surface area contributed by atoms with Gasteiger partial charge in [0.25, 0.3) is 0 Å². The molecular weight excluding hydrogens is 264 g/mol. The molecule has 3 heterocycles. The molecule has 1 aromatic rings. The maximum Gasteiger partial charge on any atom is 0.228 e. The molecule has 0 aromatic carbocycles. The molecule has 3 unspecified atom stereocenters. The molecular formula is C16H28N4O. The third kappa shape index (κ3) is 2.99. The Morgan fingerprint density at radius 1 is 1.29 bits per heavy atom. The highest BCUT2D eigenvalue weighted by molar-refractivity contribution is 5.05. The molecule has 0 amide bonds. The van der Waals surface area contributed by atoms with E-state index in [2.05, 4.69) is 42.9 Å². The molecule has 2 bridgehead atoms. The smallest absolute Gasteiger partial charge is 0.228 e. The van der Waals surface area contributed by atoms with Gasteiger partial charge in [-0.15, -0.1) is 0 Å². The largest absolute Gasteiger partial charge is 0.339 e. The number of piperidine rings is 1. The minimum atomic E-state index is 0.0412. The van der Waals surface area contributed by atoms with E-state index in [0.29, 0.717) is 30.3 Å². The first-order chi connectivity index (χ1) is 9.84. The van der Waals surface area contributed by atoms with E-state index in [4.69, 9.17) is 10.3 Å². The predicted molar refractivity (Wildman–Crippen MR) is 82.0 cm³/mol. The van der Waals surface area contributed by atoms with E-state index in [0.717, 1.165) is 18.7 Å². The summed E-state index contributed by atoms with van der Waals surface area (Å²) in [7, 11) is 2.25. The molecule has 2 fully saturated rings. The Bertz CT molecular complexity index is 479. The van der Waals surface area contributed by atoms with Gasteiger partial charge in [-0.05, 0) is 38.1 Å². The van der Waals surface area contributed by atoms with Crippen molar-refractivity contribution >= 4 is 0 Å². The maximum absolute atomic E-state index is 6.21. The van der Waals surface area contributed by atoms with Gasteiger partial charge in [0, 0.05) is 30.5 Å². The Morgan fingerprint density at radius 3 is 2.48 bits per heavy atom. The summed E-state index contributed by atoms with van der Waals surface area (Å²) in [6, 6.07) is 1.44. The Morgan fingerprint density at radius 2 is 1.90 bits per heavy atom. The van der Waals surface area contributed by atoms with E-state index in [1.165, 1.54) is 12.8 Å². The average Bonchev–Trinajstić information content (AvgIpc) is 2.91. The van der Waals surface area contributed by atoms with Crippen LogP contribution in [0.2, 0.25) is 0 Å².